The summed E-state index contributed by atoms with van der Waals surface area (Å²) in [5, 5.41) is 4.47. The van der Waals surface area contributed by atoms with Crippen LogP contribution in [0.15, 0.2) is 30.5 Å². The summed E-state index contributed by atoms with van der Waals surface area (Å²) < 4.78 is 1.98. The molecule has 3 rings (SSSR count). The summed E-state index contributed by atoms with van der Waals surface area (Å²) in [7, 11) is 2.14. The molecule has 2 aromatic rings. The lowest BCUT2D eigenvalue weighted by Crippen LogP contribution is -2.27. The zero-order valence-electron chi connectivity index (χ0n) is 9.93. The predicted octanol–water partition coefficient (Wildman–Crippen LogP) is 1.44. The standard InChI is InChI=1S/C13H16N4/c1-16-7-6-12-10(9-16)8-15-17(12)13-5-3-2-4-11(13)14/h2-5,8H,6-7,9,14H2,1H3. The van der Waals surface area contributed by atoms with E-state index in [1.54, 1.807) is 0 Å². The first kappa shape index (κ1) is 10.4. The predicted molar refractivity (Wildman–Crippen MR) is 68.0 cm³/mol. The Bertz CT molecular complexity index is 544. The molecule has 1 aliphatic heterocycles. The zero-order valence-corrected chi connectivity index (χ0v) is 9.93. The summed E-state index contributed by atoms with van der Waals surface area (Å²) in [6.07, 6.45) is 2.98. The van der Waals surface area contributed by atoms with Crippen LogP contribution in [0, 0.1) is 0 Å². The minimum Gasteiger partial charge on any atom is -0.397 e. The van der Waals surface area contributed by atoms with Crippen LogP contribution in [0.3, 0.4) is 0 Å². The first-order valence-electron chi connectivity index (χ1n) is 5.85. The van der Waals surface area contributed by atoms with Crippen molar-refractivity contribution >= 4 is 5.69 Å². The maximum atomic E-state index is 6.00. The topological polar surface area (TPSA) is 47.1 Å². The number of likely N-dealkylation sites (N-methyl/N-ethyl adjacent to an activating group) is 1. The van der Waals surface area contributed by atoms with Crippen molar-refractivity contribution in [1.29, 1.82) is 0 Å². The second kappa shape index (κ2) is 3.89. The molecule has 0 spiro atoms. The molecule has 0 fully saturated rings. The number of nitrogens with zero attached hydrogens (tertiary/aromatic N) is 3. The third kappa shape index (κ3) is 1.70. The molecule has 0 atom stereocenters. The highest BCUT2D eigenvalue weighted by Crippen LogP contribution is 2.23. The van der Waals surface area contributed by atoms with Crippen LogP contribution < -0.4 is 5.73 Å². The van der Waals surface area contributed by atoms with Gasteiger partial charge in [0.2, 0.25) is 0 Å². The van der Waals surface area contributed by atoms with E-state index in [-0.39, 0.29) is 0 Å². The van der Waals surface area contributed by atoms with Gasteiger partial charge in [-0.15, -0.1) is 0 Å². The number of anilines is 1. The molecular weight excluding hydrogens is 212 g/mol. The Labute approximate surface area is 101 Å². The van der Waals surface area contributed by atoms with Crippen LogP contribution >= 0.6 is 0 Å². The smallest absolute Gasteiger partial charge is 0.0878 e. The van der Waals surface area contributed by atoms with Crippen LogP contribution in [0.1, 0.15) is 11.3 Å². The highest BCUT2D eigenvalue weighted by atomic mass is 15.3. The van der Waals surface area contributed by atoms with Gasteiger partial charge in [0, 0.05) is 25.1 Å². The Balaban J connectivity index is 2.09. The summed E-state index contributed by atoms with van der Waals surface area (Å²) in [6, 6.07) is 7.87. The van der Waals surface area contributed by atoms with Gasteiger partial charge >= 0.3 is 0 Å². The van der Waals surface area contributed by atoms with Crippen molar-refractivity contribution in [3.05, 3.63) is 41.7 Å². The molecule has 2 N–H and O–H groups in total. The van der Waals surface area contributed by atoms with Gasteiger partial charge in [-0.1, -0.05) is 12.1 Å². The molecule has 17 heavy (non-hydrogen) atoms. The number of para-hydroxylation sites is 2. The summed E-state index contributed by atoms with van der Waals surface area (Å²) in [6.45, 7) is 2.05. The van der Waals surface area contributed by atoms with Gasteiger partial charge in [-0.25, -0.2) is 4.68 Å². The molecule has 0 aliphatic carbocycles. The van der Waals surface area contributed by atoms with E-state index in [2.05, 4.69) is 17.0 Å². The molecule has 4 nitrogen and oxygen atoms in total. The van der Waals surface area contributed by atoms with Crippen molar-refractivity contribution in [3.8, 4) is 5.69 Å². The Morgan fingerprint density at radius 1 is 1.29 bits per heavy atom. The number of nitrogen functional groups attached to an aromatic ring is 1. The highest BCUT2D eigenvalue weighted by molar-refractivity contribution is 5.57. The van der Waals surface area contributed by atoms with Crippen LogP contribution in [0.4, 0.5) is 5.69 Å². The number of fused-ring (bicyclic) bond motifs is 1. The molecule has 0 unspecified atom stereocenters. The van der Waals surface area contributed by atoms with Gasteiger partial charge in [-0.3, -0.25) is 0 Å². The molecule has 4 heteroatoms. The van der Waals surface area contributed by atoms with E-state index in [0.717, 1.165) is 30.9 Å². The van der Waals surface area contributed by atoms with Crippen molar-refractivity contribution in [2.24, 2.45) is 0 Å². The lowest BCUT2D eigenvalue weighted by Gasteiger charge is -2.23. The number of nitrogens with two attached hydrogens (primary N) is 1. The average Bonchev–Trinajstić information content (AvgIpc) is 2.72. The fourth-order valence-corrected chi connectivity index (χ4v) is 2.36. The molecule has 88 valence electrons. The first-order valence-corrected chi connectivity index (χ1v) is 5.85. The first-order chi connectivity index (χ1) is 8.25. The van der Waals surface area contributed by atoms with Crippen LogP contribution in [0.5, 0.6) is 0 Å². The molecule has 1 aliphatic rings. The van der Waals surface area contributed by atoms with E-state index in [0.29, 0.717) is 0 Å². The molecule has 1 aromatic heterocycles. The Morgan fingerprint density at radius 2 is 2.12 bits per heavy atom. The molecule has 0 amide bonds. The molecule has 0 bridgehead atoms. The molecule has 0 saturated carbocycles. The van der Waals surface area contributed by atoms with Gasteiger partial charge in [-0.05, 0) is 19.2 Å². The second-order valence-electron chi connectivity index (χ2n) is 4.57. The summed E-state index contributed by atoms with van der Waals surface area (Å²) in [4.78, 5) is 2.31. The van der Waals surface area contributed by atoms with Gasteiger partial charge in [0.25, 0.3) is 0 Å². The van der Waals surface area contributed by atoms with Gasteiger partial charge in [0.05, 0.1) is 23.3 Å². The minimum absolute atomic E-state index is 0.775. The number of benzene rings is 1. The lowest BCUT2D eigenvalue weighted by molar-refractivity contribution is 0.310. The fourth-order valence-electron chi connectivity index (χ4n) is 2.36. The van der Waals surface area contributed by atoms with Gasteiger partial charge in [0.1, 0.15) is 0 Å². The van der Waals surface area contributed by atoms with Crippen LogP contribution in [-0.2, 0) is 13.0 Å². The van der Waals surface area contributed by atoms with Crippen LogP contribution in [0.25, 0.3) is 5.69 Å². The zero-order chi connectivity index (χ0) is 11.8. The van der Waals surface area contributed by atoms with Gasteiger partial charge in [-0.2, -0.15) is 5.10 Å². The van der Waals surface area contributed by atoms with Crippen molar-refractivity contribution in [1.82, 2.24) is 14.7 Å². The minimum atomic E-state index is 0.775. The number of aromatic nitrogens is 2. The molecule has 1 aromatic carbocycles. The summed E-state index contributed by atoms with van der Waals surface area (Å²) in [5.41, 5.74) is 10.4. The van der Waals surface area contributed by atoms with Crippen LogP contribution in [-0.4, -0.2) is 28.3 Å². The van der Waals surface area contributed by atoms with Crippen molar-refractivity contribution in [2.75, 3.05) is 19.3 Å². The summed E-state index contributed by atoms with van der Waals surface area (Å²) in [5.74, 6) is 0. The maximum Gasteiger partial charge on any atom is 0.0878 e. The maximum absolute atomic E-state index is 6.00. The summed E-state index contributed by atoms with van der Waals surface area (Å²) >= 11 is 0. The van der Waals surface area contributed by atoms with Crippen LogP contribution in [0.2, 0.25) is 0 Å². The van der Waals surface area contributed by atoms with E-state index in [9.17, 15) is 0 Å². The SMILES string of the molecule is CN1CCc2c(cnn2-c2ccccc2N)C1. The van der Waals surface area contributed by atoms with E-state index < -0.39 is 0 Å². The largest absolute Gasteiger partial charge is 0.397 e. The average molecular weight is 228 g/mol. The third-order valence-corrected chi connectivity index (χ3v) is 3.29. The van der Waals surface area contributed by atoms with E-state index in [1.807, 2.05) is 35.1 Å². The molecule has 0 saturated heterocycles. The molecule has 2 heterocycles. The fraction of sp³-hybridized carbons (Fsp3) is 0.308. The molecule has 0 radical (unpaired) electrons. The second-order valence-corrected chi connectivity index (χ2v) is 4.57. The van der Waals surface area contributed by atoms with Gasteiger partial charge < -0.3 is 10.6 Å². The number of hydrogen-bond donors (Lipinski definition) is 1. The van der Waals surface area contributed by atoms with Crippen molar-refractivity contribution in [2.45, 2.75) is 13.0 Å². The quantitative estimate of drug-likeness (QED) is 0.751. The Morgan fingerprint density at radius 3 is 2.94 bits per heavy atom. The van der Waals surface area contributed by atoms with E-state index in [4.69, 9.17) is 5.73 Å². The van der Waals surface area contributed by atoms with E-state index >= 15 is 0 Å². The monoisotopic (exact) mass is 228 g/mol. The number of rotatable bonds is 1. The molecular formula is C13H16N4. The Hall–Kier alpha value is -1.81. The lowest BCUT2D eigenvalue weighted by atomic mass is 10.1. The van der Waals surface area contributed by atoms with Crippen molar-refractivity contribution in [3.63, 3.8) is 0 Å². The third-order valence-electron chi connectivity index (χ3n) is 3.29. The Kier molecular flexibility index (Phi) is 2.37. The van der Waals surface area contributed by atoms with E-state index in [1.165, 1.54) is 11.3 Å². The van der Waals surface area contributed by atoms with Gasteiger partial charge in [0.15, 0.2) is 0 Å². The highest BCUT2D eigenvalue weighted by Gasteiger charge is 2.19. The normalized spacial score (nSPS) is 15.8. The van der Waals surface area contributed by atoms with Crippen molar-refractivity contribution < 1.29 is 0 Å². The number of hydrogen-bond acceptors (Lipinski definition) is 3.